The standard InChI is InChI=1S/C25H22O3S/c1-17-11-14-19(15-12-17)29(27)23-10-6-5-9-21(23)25(26)24-20-8-4-3-7-18(20)13-16-22(24)28-2/h3-16,25-26H,1-2H3/t25-,29?/m0/s1. The van der Waals surface area contributed by atoms with Crippen molar-refractivity contribution < 1.29 is 14.1 Å². The highest BCUT2D eigenvalue weighted by molar-refractivity contribution is 7.85. The molecule has 0 heterocycles. The highest BCUT2D eigenvalue weighted by Crippen LogP contribution is 2.38. The first-order chi connectivity index (χ1) is 14.1. The minimum absolute atomic E-state index is 0.596. The van der Waals surface area contributed by atoms with Crippen LogP contribution in [0, 0.1) is 6.92 Å². The zero-order valence-corrected chi connectivity index (χ0v) is 17.1. The van der Waals surface area contributed by atoms with Gasteiger partial charge in [-0.25, -0.2) is 4.21 Å². The van der Waals surface area contributed by atoms with E-state index in [1.165, 1.54) is 0 Å². The van der Waals surface area contributed by atoms with E-state index < -0.39 is 16.9 Å². The molecule has 0 aliphatic rings. The second kappa shape index (κ2) is 8.19. The van der Waals surface area contributed by atoms with Crippen molar-refractivity contribution in [3.05, 3.63) is 102 Å². The summed E-state index contributed by atoms with van der Waals surface area (Å²) in [6.07, 6.45) is -0.971. The molecule has 0 saturated carbocycles. The van der Waals surface area contributed by atoms with E-state index >= 15 is 0 Å². The van der Waals surface area contributed by atoms with Crippen molar-refractivity contribution in [1.82, 2.24) is 0 Å². The third-order valence-electron chi connectivity index (χ3n) is 5.07. The molecule has 2 atom stereocenters. The molecule has 4 aromatic carbocycles. The number of aliphatic hydroxyl groups is 1. The van der Waals surface area contributed by atoms with Crippen LogP contribution in [0.4, 0.5) is 0 Å². The monoisotopic (exact) mass is 402 g/mol. The molecular weight excluding hydrogens is 380 g/mol. The van der Waals surface area contributed by atoms with Crippen LogP contribution in [0.15, 0.2) is 94.7 Å². The van der Waals surface area contributed by atoms with Gasteiger partial charge in [-0.15, -0.1) is 0 Å². The Kier molecular flexibility index (Phi) is 5.47. The first-order valence-electron chi connectivity index (χ1n) is 9.41. The van der Waals surface area contributed by atoms with Crippen LogP contribution in [0.5, 0.6) is 5.75 Å². The van der Waals surface area contributed by atoms with Crippen molar-refractivity contribution in [3.63, 3.8) is 0 Å². The SMILES string of the molecule is COc1ccc2ccccc2c1[C@@H](O)c1ccccc1S(=O)c1ccc(C)cc1. The van der Waals surface area contributed by atoms with E-state index in [0.717, 1.165) is 16.3 Å². The van der Waals surface area contributed by atoms with Gasteiger partial charge in [0.05, 0.1) is 17.9 Å². The average molecular weight is 403 g/mol. The van der Waals surface area contributed by atoms with Crippen molar-refractivity contribution in [2.24, 2.45) is 0 Å². The van der Waals surface area contributed by atoms with E-state index in [1.54, 1.807) is 7.11 Å². The van der Waals surface area contributed by atoms with Crippen molar-refractivity contribution in [3.8, 4) is 5.75 Å². The Hall–Kier alpha value is -2.95. The van der Waals surface area contributed by atoms with E-state index in [4.69, 9.17) is 4.74 Å². The molecule has 4 rings (SSSR count). The molecule has 0 saturated heterocycles. The first kappa shape index (κ1) is 19.4. The van der Waals surface area contributed by atoms with Crippen LogP contribution in [-0.2, 0) is 10.8 Å². The Balaban J connectivity index is 1.86. The van der Waals surface area contributed by atoms with Gasteiger partial charge < -0.3 is 9.84 Å². The summed E-state index contributed by atoms with van der Waals surface area (Å²) in [6.45, 7) is 2.00. The summed E-state index contributed by atoms with van der Waals surface area (Å²) in [7, 11) is 0.190. The maximum absolute atomic E-state index is 13.3. The molecule has 0 aliphatic carbocycles. The Morgan fingerprint density at radius 1 is 0.862 bits per heavy atom. The number of aliphatic hydroxyl groups excluding tert-OH is 1. The van der Waals surface area contributed by atoms with Crippen molar-refractivity contribution in [2.75, 3.05) is 7.11 Å². The molecule has 4 heteroatoms. The minimum atomic E-state index is -1.40. The third kappa shape index (κ3) is 3.69. The number of rotatable bonds is 5. The Morgan fingerprint density at radius 2 is 1.55 bits per heavy atom. The van der Waals surface area contributed by atoms with Gasteiger partial charge in [-0.05, 0) is 42.0 Å². The summed E-state index contributed by atoms with van der Waals surface area (Å²) < 4.78 is 18.9. The second-order valence-corrected chi connectivity index (χ2v) is 8.37. The van der Waals surface area contributed by atoms with Crippen LogP contribution in [0.1, 0.15) is 22.8 Å². The first-order valence-corrected chi connectivity index (χ1v) is 10.6. The fourth-order valence-corrected chi connectivity index (χ4v) is 4.79. The lowest BCUT2D eigenvalue weighted by molar-refractivity contribution is 0.213. The number of hydrogen-bond acceptors (Lipinski definition) is 3. The minimum Gasteiger partial charge on any atom is -0.496 e. The number of hydrogen-bond donors (Lipinski definition) is 1. The molecule has 3 nitrogen and oxygen atoms in total. The molecular formula is C25H22O3S. The van der Waals surface area contributed by atoms with Crippen LogP contribution in [-0.4, -0.2) is 16.4 Å². The summed E-state index contributed by atoms with van der Waals surface area (Å²) in [5.74, 6) is 0.604. The fourth-order valence-electron chi connectivity index (χ4n) is 3.56. The highest BCUT2D eigenvalue weighted by atomic mass is 32.2. The van der Waals surface area contributed by atoms with Crippen LogP contribution >= 0.6 is 0 Å². The molecule has 0 spiro atoms. The lowest BCUT2D eigenvalue weighted by atomic mass is 9.95. The summed E-state index contributed by atoms with van der Waals surface area (Å²) in [5, 5.41) is 13.3. The quantitative estimate of drug-likeness (QED) is 0.486. The van der Waals surface area contributed by atoms with Crippen molar-refractivity contribution in [2.45, 2.75) is 22.8 Å². The van der Waals surface area contributed by atoms with E-state index in [1.807, 2.05) is 91.9 Å². The van der Waals surface area contributed by atoms with E-state index in [9.17, 15) is 9.32 Å². The zero-order chi connectivity index (χ0) is 20.4. The highest BCUT2D eigenvalue weighted by Gasteiger charge is 2.23. The molecule has 1 N–H and O–H groups in total. The lowest BCUT2D eigenvalue weighted by Gasteiger charge is -2.20. The Labute approximate surface area is 173 Å². The molecule has 29 heavy (non-hydrogen) atoms. The number of benzene rings is 4. The topological polar surface area (TPSA) is 46.5 Å². The largest absolute Gasteiger partial charge is 0.496 e. The fraction of sp³-hybridized carbons (Fsp3) is 0.120. The predicted octanol–water partition coefficient (Wildman–Crippen LogP) is 5.41. The maximum Gasteiger partial charge on any atom is 0.125 e. The molecule has 4 aromatic rings. The maximum atomic E-state index is 13.3. The van der Waals surface area contributed by atoms with E-state index in [2.05, 4.69) is 0 Å². The third-order valence-corrected chi connectivity index (χ3v) is 6.54. The lowest BCUT2D eigenvalue weighted by Crippen LogP contribution is -2.08. The number of methoxy groups -OCH3 is 1. The van der Waals surface area contributed by atoms with Gasteiger partial charge in [0.1, 0.15) is 11.9 Å². The van der Waals surface area contributed by atoms with Gasteiger partial charge in [0.2, 0.25) is 0 Å². The van der Waals surface area contributed by atoms with Gasteiger partial charge >= 0.3 is 0 Å². The van der Waals surface area contributed by atoms with Gasteiger partial charge in [0, 0.05) is 20.9 Å². The van der Waals surface area contributed by atoms with Gasteiger partial charge in [-0.2, -0.15) is 0 Å². The Bertz CT molecular complexity index is 1180. The van der Waals surface area contributed by atoms with Crippen molar-refractivity contribution in [1.29, 1.82) is 0 Å². The zero-order valence-electron chi connectivity index (χ0n) is 16.3. The van der Waals surface area contributed by atoms with Crippen LogP contribution in [0.3, 0.4) is 0 Å². The number of fused-ring (bicyclic) bond motifs is 1. The smallest absolute Gasteiger partial charge is 0.125 e. The summed E-state index contributed by atoms with van der Waals surface area (Å²) in [6, 6.07) is 26.7. The summed E-state index contributed by atoms with van der Waals surface area (Å²) in [4.78, 5) is 1.30. The van der Waals surface area contributed by atoms with Gasteiger partial charge in [-0.1, -0.05) is 66.2 Å². The second-order valence-electron chi connectivity index (χ2n) is 6.92. The van der Waals surface area contributed by atoms with Gasteiger partial charge in [0.15, 0.2) is 0 Å². The normalized spacial score (nSPS) is 13.2. The number of aryl methyl sites for hydroxylation is 1. The summed E-state index contributed by atoms with van der Waals surface area (Å²) in [5.41, 5.74) is 2.40. The van der Waals surface area contributed by atoms with Crippen LogP contribution < -0.4 is 4.74 Å². The average Bonchev–Trinajstić information content (AvgIpc) is 2.78. The Morgan fingerprint density at radius 3 is 2.31 bits per heavy atom. The molecule has 0 fully saturated rings. The van der Waals surface area contributed by atoms with Crippen LogP contribution in [0.25, 0.3) is 10.8 Å². The van der Waals surface area contributed by atoms with Gasteiger partial charge in [0.25, 0.3) is 0 Å². The summed E-state index contributed by atoms with van der Waals surface area (Å²) >= 11 is 0. The van der Waals surface area contributed by atoms with Crippen molar-refractivity contribution >= 4 is 21.6 Å². The molecule has 0 amide bonds. The van der Waals surface area contributed by atoms with Crippen LogP contribution in [0.2, 0.25) is 0 Å². The van der Waals surface area contributed by atoms with E-state index in [0.29, 0.717) is 26.7 Å². The molecule has 0 bridgehead atoms. The number of ether oxygens (including phenoxy) is 1. The predicted molar refractivity (Wildman–Crippen MR) is 117 cm³/mol. The molecule has 0 radical (unpaired) electrons. The molecule has 0 aromatic heterocycles. The van der Waals surface area contributed by atoms with E-state index in [-0.39, 0.29) is 0 Å². The molecule has 1 unspecified atom stereocenters. The van der Waals surface area contributed by atoms with Gasteiger partial charge in [-0.3, -0.25) is 0 Å². The molecule has 146 valence electrons. The molecule has 0 aliphatic heterocycles.